The van der Waals surface area contributed by atoms with Gasteiger partial charge in [0.1, 0.15) is 0 Å². The number of nitrogens with one attached hydrogen (secondary N) is 1. The Morgan fingerprint density at radius 2 is 2.09 bits per heavy atom. The van der Waals surface area contributed by atoms with Crippen LogP contribution in [-0.4, -0.2) is 11.9 Å². The predicted molar refractivity (Wildman–Crippen MR) is 41.6 cm³/mol. The highest BCUT2D eigenvalue weighted by atomic mass is 16.1. The molecule has 2 fully saturated rings. The van der Waals surface area contributed by atoms with Crippen molar-refractivity contribution in [1.82, 2.24) is 5.32 Å². The molecule has 1 amide bonds. The molecule has 2 aliphatic rings. The number of terminal acetylenes is 1. The van der Waals surface area contributed by atoms with Crippen molar-refractivity contribution in [2.24, 2.45) is 11.8 Å². The minimum absolute atomic E-state index is 0.246. The SMILES string of the molecule is C#CC(=O)NC1C2CCCC21. The number of hydrogen-bond acceptors (Lipinski definition) is 1. The maximum atomic E-state index is 10.7. The van der Waals surface area contributed by atoms with Gasteiger partial charge in [-0.05, 0) is 30.6 Å². The third-order valence-corrected chi connectivity index (χ3v) is 2.84. The zero-order valence-electron chi connectivity index (χ0n) is 6.34. The first-order valence-electron chi connectivity index (χ1n) is 4.10. The molecular weight excluding hydrogens is 138 g/mol. The Balaban J connectivity index is 1.84. The molecule has 2 rings (SSSR count). The van der Waals surface area contributed by atoms with Gasteiger partial charge in [-0.15, -0.1) is 6.42 Å². The summed E-state index contributed by atoms with van der Waals surface area (Å²) < 4.78 is 0. The minimum Gasteiger partial charge on any atom is -0.342 e. The van der Waals surface area contributed by atoms with Gasteiger partial charge in [-0.25, -0.2) is 0 Å². The highest BCUT2D eigenvalue weighted by Gasteiger charge is 2.53. The smallest absolute Gasteiger partial charge is 0.295 e. The van der Waals surface area contributed by atoms with E-state index in [-0.39, 0.29) is 5.91 Å². The van der Waals surface area contributed by atoms with E-state index in [2.05, 4.69) is 11.2 Å². The van der Waals surface area contributed by atoms with E-state index in [1.54, 1.807) is 0 Å². The lowest BCUT2D eigenvalue weighted by molar-refractivity contribution is -0.115. The Morgan fingerprint density at radius 1 is 1.45 bits per heavy atom. The van der Waals surface area contributed by atoms with Crippen LogP contribution in [0.25, 0.3) is 0 Å². The standard InChI is InChI=1S/C9H11NO/c1-2-8(11)10-9-6-4-3-5-7(6)9/h1,6-7,9H,3-5H2,(H,10,11). The van der Waals surface area contributed by atoms with Crippen LogP contribution in [0.15, 0.2) is 0 Å². The number of hydrogen-bond donors (Lipinski definition) is 1. The van der Waals surface area contributed by atoms with Crippen molar-refractivity contribution in [2.75, 3.05) is 0 Å². The molecule has 2 heteroatoms. The van der Waals surface area contributed by atoms with Crippen LogP contribution >= 0.6 is 0 Å². The molecule has 0 aliphatic heterocycles. The molecule has 2 saturated carbocycles. The highest BCUT2D eigenvalue weighted by molar-refractivity contribution is 5.93. The first-order valence-corrected chi connectivity index (χ1v) is 4.10. The Labute approximate surface area is 66.4 Å². The van der Waals surface area contributed by atoms with Crippen LogP contribution in [-0.2, 0) is 4.79 Å². The van der Waals surface area contributed by atoms with E-state index in [1.165, 1.54) is 19.3 Å². The quantitative estimate of drug-likeness (QED) is 0.541. The summed E-state index contributed by atoms with van der Waals surface area (Å²) in [5.74, 6) is 3.34. The van der Waals surface area contributed by atoms with Gasteiger partial charge in [0.2, 0.25) is 0 Å². The maximum Gasteiger partial charge on any atom is 0.295 e. The van der Waals surface area contributed by atoms with E-state index in [0.29, 0.717) is 6.04 Å². The van der Waals surface area contributed by atoms with Gasteiger partial charge >= 0.3 is 0 Å². The van der Waals surface area contributed by atoms with E-state index in [0.717, 1.165) is 11.8 Å². The van der Waals surface area contributed by atoms with Gasteiger partial charge in [0.05, 0.1) is 0 Å². The lowest BCUT2D eigenvalue weighted by Gasteiger charge is -2.01. The van der Waals surface area contributed by atoms with E-state index >= 15 is 0 Å². The van der Waals surface area contributed by atoms with Gasteiger partial charge in [0.15, 0.2) is 0 Å². The molecule has 2 aliphatic carbocycles. The van der Waals surface area contributed by atoms with Crippen molar-refractivity contribution in [3.8, 4) is 12.3 Å². The van der Waals surface area contributed by atoms with Gasteiger partial charge in [0, 0.05) is 6.04 Å². The summed E-state index contributed by atoms with van der Waals surface area (Å²) in [7, 11) is 0. The van der Waals surface area contributed by atoms with Crippen molar-refractivity contribution >= 4 is 5.91 Å². The third-order valence-electron chi connectivity index (χ3n) is 2.84. The van der Waals surface area contributed by atoms with Crippen LogP contribution in [0, 0.1) is 24.2 Å². The molecule has 11 heavy (non-hydrogen) atoms. The van der Waals surface area contributed by atoms with Crippen molar-refractivity contribution < 1.29 is 4.79 Å². The number of rotatable bonds is 1. The Kier molecular flexibility index (Phi) is 1.38. The summed E-state index contributed by atoms with van der Waals surface area (Å²) in [6, 6.07) is 0.423. The Hall–Kier alpha value is -0.970. The molecule has 0 saturated heterocycles. The zero-order valence-corrected chi connectivity index (χ0v) is 6.34. The largest absolute Gasteiger partial charge is 0.342 e. The van der Waals surface area contributed by atoms with Gasteiger partial charge < -0.3 is 5.32 Å². The second-order valence-electron chi connectivity index (χ2n) is 3.40. The fourth-order valence-electron chi connectivity index (χ4n) is 2.23. The molecule has 0 spiro atoms. The van der Waals surface area contributed by atoms with Crippen LogP contribution in [0.3, 0.4) is 0 Å². The monoisotopic (exact) mass is 149 g/mol. The van der Waals surface area contributed by atoms with E-state index in [9.17, 15) is 4.79 Å². The van der Waals surface area contributed by atoms with Crippen molar-refractivity contribution in [3.63, 3.8) is 0 Å². The lowest BCUT2D eigenvalue weighted by Crippen LogP contribution is -2.26. The minimum atomic E-state index is -0.246. The van der Waals surface area contributed by atoms with Gasteiger partial charge in [-0.2, -0.15) is 0 Å². The molecule has 0 aromatic rings. The normalized spacial score (nSPS) is 39.0. The Bertz CT molecular complexity index is 218. The number of carbonyl (C=O) groups is 1. The summed E-state index contributed by atoms with van der Waals surface area (Å²) in [6.07, 6.45) is 8.82. The molecule has 0 heterocycles. The van der Waals surface area contributed by atoms with Gasteiger partial charge in [0.25, 0.3) is 5.91 Å². The maximum absolute atomic E-state index is 10.7. The summed E-state index contributed by atoms with van der Waals surface area (Å²) >= 11 is 0. The zero-order chi connectivity index (χ0) is 7.84. The fraction of sp³-hybridized carbons (Fsp3) is 0.667. The second-order valence-corrected chi connectivity index (χ2v) is 3.40. The van der Waals surface area contributed by atoms with Crippen LogP contribution in [0.5, 0.6) is 0 Å². The summed E-state index contributed by atoms with van der Waals surface area (Å²) in [5.41, 5.74) is 0. The first kappa shape index (κ1) is 6.72. The lowest BCUT2D eigenvalue weighted by atomic mass is 10.2. The van der Waals surface area contributed by atoms with Crippen molar-refractivity contribution in [1.29, 1.82) is 0 Å². The molecule has 2 unspecified atom stereocenters. The second kappa shape index (κ2) is 2.27. The first-order chi connectivity index (χ1) is 5.33. The average Bonchev–Trinajstić information content (AvgIpc) is 2.52. The van der Waals surface area contributed by atoms with Crippen molar-refractivity contribution in [3.05, 3.63) is 0 Å². The summed E-state index contributed by atoms with van der Waals surface area (Å²) in [6.45, 7) is 0. The van der Waals surface area contributed by atoms with Crippen LogP contribution in [0.2, 0.25) is 0 Å². The van der Waals surface area contributed by atoms with Crippen molar-refractivity contribution in [2.45, 2.75) is 25.3 Å². The van der Waals surface area contributed by atoms with Gasteiger partial charge in [-0.3, -0.25) is 4.79 Å². The summed E-state index contributed by atoms with van der Waals surface area (Å²) in [5, 5.41) is 2.83. The molecule has 0 aromatic heterocycles. The third kappa shape index (κ3) is 1.01. The number of amides is 1. The number of fused-ring (bicyclic) bond motifs is 1. The predicted octanol–water partition coefficient (Wildman–Crippen LogP) is 0.534. The topological polar surface area (TPSA) is 29.1 Å². The molecule has 58 valence electrons. The number of carbonyl (C=O) groups excluding carboxylic acids is 1. The molecule has 0 aromatic carbocycles. The van der Waals surface area contributed by atoms with E-state index in [1.807, 2.05) is 0 Å². The fourth-order valence-corrected chi connectivity index (χ4v) is 2.23. The highest BCUT2D eigenvalue weighted by Crippen LogP contribution is 2.51. The van der Waals surface area contributed by atoms with E-state index in [4.69, 9.17) is 6.42 Å². The molecular formula is C9H11NO. The molecule has 2 atom stereocenters. The van der Waals surface area contributed by atoms with E-state index < -0.39 is 0 Å². The molecule has 0 bridgehead atoms. The molecule has 2 nitrogen and oxygen atoms in total. The van der Waals surface area contributed by atoms with Crippen LogP contribution in [0.4, 0.5) is 0 Å². The summed E-state index contributed by atoms with van der Waals surface area (Å²) in [4.78, 5) is 10.7. The Morgan fingerprint density at radius 3 is 2.64 bits per heavy atom. The molecule has 1 N–H and O–H groups in total. The average molecular weight is 149 g/mol. The molecule has 0 radical (unpaired) electrons. The van der Waals surface area contributed by atoms with Crippen LogP contribution in [0.1, 0.15) is 19.3 Å². The van der Waals surface area contributed by atoms with Gasteiger partial charge in [-0.1, -0.05) is 6.42 Å². The van der Waals surface area contributed by atoms with Crippen LogP contribution < -0.4 is 5.32 Å².